The van der Waals surface area contributed by atoms with Crippen LogP contribution in [0.5, 0.6) is 17.2 Å². The molecule has 0 aromatic heterocycles. The highest BCUT2D eigenvalue weighted by molar-refractivity contribution is 6.37. The maximum atomic E-state index is 12.4. The van der Waals surface area contributed by atoms with E-state index in [0.717, 1.165) is 12.1 Å². The maximum Gasteiger partial charge on any atom is 0.416 e. The summed E-state index contributed by atoms with van der Waals surface area (Å²) in [6.45, 7) is 0.673. The molecule has 0 aliphatic carbocycles. The van der Waals surface area contributed by atoms with Gasteiger partial charge in [0.2, 0.25) is 0 Å². The van der Waals surface area contributed by atoms with Crippen molar-refractivity contribution in [2.45, 2.75) is 19.0 Å². The van der Waals surface area contributed by atoms with Gasteiger partial charge >= 0.3 is 6.18 Å². The standard InChI is InChI=1S/C17H15Cl2F3O3/c18-14-9-12(23)10-15(19)16(14)25-8-2-1-7-24-13-5-3-11(4-6-13)17(20,21)22/h3-6,9-10,23H,1-2,7-8H2. The number of ether oxygens (including phenoxy) is 2. The Labute approximate surface area is 152 Å². The summed E-state index contributed by atoms with van der Waals surface area (Å²) in [5.74, 6) is 0.621. The third-order valence-electron chi connectivity index (χ3n) is 3.22. The molecule has 25 heavy (non-hydrogen) atoms. The molecule has 8 heteroatoms. The highest BCUT2D eigenvalue weighted by Crippen LogP contribution is 2.36. The van der Waals surface area contributed by atoms with E-state index in [0.29, 0.717) is 37.6 Å². The SMILES string of the molecule is Oc1cc(Cl)c(OCCCCOc2ccc(C(F)(F)F)cc2)c(Cl)c1. The summed E-state index contributed by atoms with van der Waals surface area (Å²) in [5.41, 5.74) is -0.712. The Hall–Kier alpha value is -1.79. The zero-order valence-electron chi connectivity index (χ0n) is 12.9. The molecule has 1 N–H and O–H groups in total. The number of phenolic OH excluding ortho intramolecular Hbond substituents is 1. The Bertz CT molecular complexity index is 680. The topological polar surface area (TPSA) is 38.7 Å². The number of rotatable bonds is 7. The molecule has 2 aromatic rings. The monoisotopic (exact) mass is 394 g/mol. The molecule has 0 saturated carbocycles. The van der Waals surface area contributed by atoms with Gasteiger partial charge in [-0.3, -0.25) is 0 Å². The molecule has 2 aromatic carbocycles. The van der Waals surface area contributed by atoms with Gasteiger partial charge in [-0.25, -0.2) is 0 Å². The lowest BCUT2D eigenvalue weighted by Crippen LogP contribution is -2.05. The van der Waals surface area contributed by atoms with Crippen LogP contribution in [-0.2, 0) is 6.18 Å². The fourth-order valence-corrected chi connectivity index (χ4v) is 2.58. The molecule has 0 spiro atoms. The van der Waals surface area contributed by atoms with Gasteiger partial charge in [-0.2, -0.15) is 13.2 Å². The van der Waals surface area contributed by atoms with Gasteiger partial charge < -0.3 is 14.6 Å². The van der Waals surface area contributed by atoms with Crippen LogP contribution in [0.15, 0.2) is 36.4 Å². The molecular weight excluding hydrogens is 380 g/mol. The van der Waals surface area contributed by atoms with Crippen LogP contribution in [0.3, 0.4) is 0 Å². The minimum absolute atomic E-state index is 0.0488. The predicted octanol–water partition coefficient (Wildman–Crippen LogP) is 5.96. The minimum Gasteiger partial charge on any atom is -0.508 e. The van der Waals surface area contributed by atoms with Crippen LogP contribution < -0.4 is 9.47 Å². The lowest BCUT2D eigenvalue weighted by Gasteiger charge is -2.11. The van der Waals surface area contributed by atoms with Crippen molar-refractivity contribution in [3.05, 3.63) is 52.0 Å². The number of hydrogen-bond acceptors (Lipinski definition) is 3. The highest BCUT2D eigenvalue weighted by Gasteiger charge is 2.29. The van der Waals surface area contributed by atoms with Crippen molar-refractivity contribution in [3.63, 3.8) is 0 Å². The van der Waals surface area contributed by atoms with E-state index in [1.54, 1.807) is 0 Å². The second kappa shape index (κ2) is 8.54. The van der Waals surface area contributed by atoms with Crippen molar-refractivity contribution in [3.8, 4) is 17.2 Å². The van der Waals surface area contributed by atoms with Crippen LogP contribution in [0.2, 0.25) is 10.0 Å². The van der Waals surface area contributed by atoms with Gasteiger partial charge in [0.25, 0.3) is 0 Å². The molecule has 0 radical (unpaired) electrons. The fourth-order valence-electron chi connectivity index (χ4n) is 1.99. The first-order valence-electron chi connectivity index (χ1n) is 7.38. The Morgan fingerprint density at radius 2 is 1.40 bits per heavy atom. The molecular formula is C17H15Cl2F3O3. The summed E-state index contributed by atoms with van der Waals surface area (Å²) in [7, 11) is 0. The summed E-state index contributed by atoms with van der Waals surface area (Å²) >= 11 is 11.9. The van der Waals surface area contributed by atoms with Gasteiger partial charge in [-0.05, 0) is 37.1 Å². The van der Waals surface area contributed by atoms with Gasteiger partial charge in [0, 0.05) is 12.1 Å². The predicted molar refractivity (Wildman–Crippen MR) is 89.8 cm³/mol. The zero-order chi connectivity index (χ0) is 18.4. The van der Waals surface area contributed by atoms with E-state index in [-0.39, 0.29) is 15.8 Å². The first-order valence-corrected chi connectivity index (χ1v) is 8.14. The van der Waals surface area contributed by atoms with Crippen molar-refractivity contribution >= 4 is 23.2 Å². The molecule has 0 saturated heterocycles. The van der Waals surface area contributed by atoms with E-state index in [9.17, 15) is 18.3 Å². The van der Waals surface area contributed by atoms with Crippen molar-refractivity contribution in [1.29, 1.82) is 0 Å². The normalized spacial score (nSPS) is 11.4. The minimum atomic E-state index is -4.35. The van der Waals surface area contributed by atoms with E-state index in [2.05, 4.69) is 0 Å². The number of alkyl halides is 3. The molecule has 0 amide bonds. The lowest BCUT2D eigenvalue weighted by molar-refractivity contribution is -0.137. The van der Waals surface area contributed by atoms with Crippen molar-refractivity contribution in [1.82, 2.24) is 0 Å². The fraction of sp³-hybridized carbons (Fsp3) is 0.294. The summed E-state index contributed by atoms with van der Waals surface area (Å²) in [6, 6.07) is 7.19. The number of halogens is 5. The van der Waals surface area contributed by atoms with Gasteiger partial charge in [-0.1, -0.05) is 23.2 Å². The van der Waals surface area contributed by atoms with Crippen LogP contribution in [0.25, 0.3) is 0 Å². The van der Waals surface area contributed by atoms with E-state index < -0.39 is 11.7 Å². The summed E-state index contributed by atoms with van der Waals surface area (Å²) in [4.78, 5) is 0. The van der Waals surface area contributed by atoms with E-state index in [1.807, 2.05) is 0 Å². The van der Waals surface area contributed by atoms with E-state index >= 15 is 0 Å². The Morgan fingerprint density at radius 3 is 1.92 bits per heavy atom. The van der Waals surface area contributed by atoms with E-state index in [4.69, 9.17) is 32.7 Å². The Kier molecular flexibility index (Phi) is 6.67. The molecule has 0 bridgehead atoms. The molecule has 0 aliphatic heterocycles. The summed E-state index contributed by atoms with van der Waals surface area (Å²) in [6.07, 6.45) is -3.09. The number of unbranched alkanes of at least 4 members (excludes halogenated alkanes) is 1. The van der Waals surface area contributed by atoms with Crippen LogP contribution >= 0.6 is 23.2 Å². The molecule has 2 rings (SSSR count). The van der Waals surface area contributed by atoms with E-state index in [1.165, 1.54) is 24.3 Å². The van der Waals surface area contributed by atoms with Gasteiger partial charge in [0.15, 0.2) is 5.75 Å². The number of phenols is 1. The quantitative estimate of drug-likeness (QED) is 0.589. The van der Waals surface area contributed by atoms with Gasteiger partial charge in [0.05, 0.1) is 28.8 Å². The average molecular weight is 395 g/mol. The smallest absolute Gasteiger partial charge is 0.416 e. The van der Waals surface area contributed by atoms with Gasteiger partial charge in [0.1, 0.15) is 11.5 Å². The Balaban J connectivity index is 1.70. The van der Waals surface area contributed by atoms with Crippen molar-refractivity contribution in [2.24, 2.45) is 0 Å². The number of hydrogen-bond donors (Lipinski definition) is 1. The second-order valence-corrected chi connectivity index (χ2v) is 5.98. The molecule has 3 nitrogen and oxygen atoms in total. The lowest BCUT2D eigenvalue weighted by atomic mass is 10.2. The maximum absolute atomic E-state index is 12.4. The van der Waals surface area contributed by atoms with Crippen LogP contribution in [0.1, 0.15) is 18.4 Å². The largest absolute Gasteiger partial charge is 0.508 e. The third-order valence-corrected chi connectivity index (χ3v) is 3.78. The molecule has 0 fully saturated rings. The molecule has 136 valence electrons. The van der Waals surface area contributed by atoms with Crippen LogP contribution in [-0.4, -0.2) is 18.3 Å². The van der Waals surface area contributed by atoms with Crippen molar-refractivity contribution < 1.29 is 27.8 Å². The first-order chi connectivity index (χ1) is 11.8. The first kappa shape index (κ1) is 19.5. The van der Waals surface area contributed by atoms with Crippen LogP contribution in [0.4, 0.5) is 13.2 Å². The third kappa shape index (κ3) is 5.90. The molecule has 0 aliphatic rings. The van der Waals surface area contributed by atoms with Gasteiger partial charge in [-0.15, -0.1) is 0 Å². The summed E-state index contributed by atoms with van der Waals surface area (Å²) in [5, 5.41) is 9.75. The molecule has 0 unspecified atom stereocenters. The highest BCUT2D eigenvalue weighted by atomic mass is 35.5. The van der Waals surface area contributed by atoms with Crippen molar-refractivity contribution in [2.75, 3.05) is 13.2 Å². The second-order valence-electron chi connectivity index (χ2n) is 5.16. The average Bonchev–Trinajstić information content (AvgIpc) is 2.52. The zero-order valence-corrected chi connectivity index (χ0v) is 14.5. The molecule has 0 heterocycles. The number of aromatic hydroxyl groups is 1. The number of benzene rings is 2. The summed E-state index contributed by atoms with van der Waals surface area (Å²) < 4.78 is 48.2. The van der Waals surface area contributed by atoms with Crippen LogP contribution in [0, 0.1) is 0 Å². The Morgan fingerprint density at radius 1 is 0.880 bits per heavy atom. The molecule has 0 atom stereocenters.